The molecule has 2 unspecified atom stereocenters. The Bertz CT molecular complexity index is 1140. The van der Waals surface area contributed by atoms with Gasteiger partial charge in [0.2, 0.25) is 0 Å². The number of carbonyl (C=O) groups excluding carboxylic acids is 1. The Balaban J connectivity index is 1.63. The minimum Gasteiger partial charge on any atom is -0.272 e. The van der Waals surface area contributed by atoms with E-state index >= 15 is 0 Å². The second-order valence-corrected chi connectivity index (χ2v) is 9.06. The molecule has 1 amide bonds. The molecule has 2 aliphatic heterocycles. The summed E-state index contributed by atoms with van der Waals surface area (Å²) in [5.41, 5.74) is 3.01. The van der Waals surface area contributed by atoms with Gasteiger partial charge in [0, 0.05) is 17.2 Å². The predicted molar refractivity (Wildman–Crippen MR) is 116 cm³/mol. The second kappa shape index (κ2) is 6.17. The number of halogens is 2. The summed E-state index contributed by atoms with van der Waals surface area (Å²) >= 11 is 14.2. The van der Waals surface area contributed by atoms with E-state index in [-0.39, 0.29) is 5.91 Å². The predicted octanol–water partition coefficient (Wildman–Crippen LogP) is 5.19. The van der Waals surface area contributed by atoms with Crippen LogP contribution in [-0.2, 0) is 4.79 Å². The standard InChI is InChI=1S/C20H16Cl2N4OS/c1-11-3-6-14(7-4-11)26-20(10-12(2)24-26)17(22)18(27)25(20)19-23-15-8-5-13(21)9-16(15)28-19/h3-9,17H,10H2,1-2H3. The van der Waals surface area contributed by atoms with Crippen LogP contribution in [0.25, 0.3) is 10.2 Å². The van der Waals surface area contributed by atoms with Gasteiger partial charge in [-0.05, 0) is 44.2 Å². The molecule has 28 heavy (non-hydrogen) atoms. The molecule has 0 N–H and O–H groups in total. The largest absolute Gasteiger partial charge is 0.272 e. The zero-order valence-corrected chi connectivity index (χ0v) is 17.5. The molecule has 5 rings (SSSR count). The number of fused-ring (bicyclic) bond motifs is 1. The van der Waals surface area contributed by atoms with Crippen molar-refractivity contribution in [2.24, 2.45) is 5.10 Å². The second-order valence-electron chi connectivity index (χ2n) is 7.18. The first-order chi connectivity index (χ1) is 13.4. The molecule has 142 valence electrons. The molecule has 3 aromatic rings. The summed E-state index contributed by atoms with van der Waals surface area (Å²) in [6.07, 6.45) is 0.567. The van der Waals surface area contributed by atoms with Crippen LogP contribution in [0.15, 0.2) is 47.6 Å². The van der Waals surface area contributed by atoms with Crippen molar-refractivity contribution in [1.82, 2.24) is 4.98 Å². The number of amides is 1. The minimum absolute atomic E-state index is 0.158. The molecule has 1 spiro atoms. The van der Waals surface area contributed by atoms with Crippen molar-refractivity contribution < 1.29 is 4.79 Å². The van der Waals surface area contributed by atoms with Crippen LogP contribution in [0.2, 0.25) is 5.02 Å². The zero-order valence-electron chi connectivity index (χ0n) is 15.2. The molecule has 2 atom stereocenters. The SMILES string of the molecule is CC1=NN(c2ccc(C)cc2)C2(C1)C(Cl)C(=O)N2c1nc2ccc(Cl)cc2s1. The Labute approximate surface area is 176 Å². The van der Waals surface area contributed by atoms with Crippen molar-refractivity contribution >= 4 is 67.2 Å². The third kappa shape index (κ3) is 2.41. The molecule has 1 saturated heterocycles. The van der Waals surface area contributed by atoms with Crippen molar-refractivity contribution in [3.05, 3.63) is 53.1 Å². The smallest absolute Gasteiger partial charge is 0.253 e. The van der Waals surface area contributed by atoms with Gasteiger partial charge >= 0.3 is 0 Å². The lowest BCUT2D eigenvalue weighted by molar-refractivity contribution is -0.126. The van der Waals surface area contributed by atoms with Gasteiger partial charge in [0.1, 0.15) is 0 Å². The summed E-state index contributed by atoms with van der Waals surface area (Å²) in [6, 6.07) is 13.6. The van der Waals surface area contributed by atoms with Crippen molar-refractivity contribution in [3.8, 4) is 0 Å². The maximum Gasteiger partial charge on any atom is 0.253 e. The van der Waals surface area contributed by atoms with Crippen LogP contribution >= 0.6 is 34.5 Å². The van der Waals surface area contributed by atoms with Crippen LogP contribution in [0.1, 0.15) is 18.9 Å². The monoisotopic (exact) mass is 430 g/mol. The Kier molecular flexibility index (Phi) is 3.95. The van der Waals surface area contributed by atoms with Crippen molar-refractivity contribution in [2.75, 3.05) is 9.91 Å². The molecular weight excluding hydrogens is 415 g/mol. The number of anilines is 2. The van der Waals surface area contributed by atoms with E-state index in [4.69, 9.17) is 28.3 Å². The van der Waals surface area contributed by atoms with Gasteiger partial charge in [-0.25, -0.2) is 9.99 Å². The fourth-order valence-corrected chi connectivity index (χ4v) is 5.56. The lowest BCUT2D eigenvalue weighted by atomic mass is 9.88. The van der Waals surface area contributed by atoms with Gasteiger partial charge in [0.25, 0.3) is 5.91 Å². The average Bonchev–Trinajstić information content (AvgIpc) is 3.24. The van der Waals surface area contributed by atoms with Gasteiger partial charge in [0.05, 0.1) is 15.9 Å². The van der Waals surface area contributed by atoms with E-state index in [9.17, 15) is 4.79 Å². The molecule has 3 heterocycles. The highest BCUT2D eigenvalue weighted by Gasteiger charge is 2.67. The molecule has 2 aliphatic rings. The first-order valence-electron chi connectivity index (χ1n) is 8.85. The molecule has 2 aromatic carbocycles. The molecule has 0 radical (unpaired) electrons. The Morgan fingerprint density at radius 2 is 1.93 bits per heavy atom. The quantitative estimate of drug-likeness (QED) is 0.414. The molecule has 0 saturated carbocycles. The van der Waals surface area contributed by atoms with Crippen LogP contribution in [0.5, 0.6) is 0 Å². The van der Waals surface area contributed by atoms with Gasteiger partial charge in [0.15, 0.2) is 16.2 Å². The minimum atomic E-state index is -0.782. The van der Waals surface area contributed by atoms with Gasteiger partial charge < -0.3 is 0 Å². The third-order valence-electron chi connectivity index (χ3n) is 5.19. The Morgan fingerprint density at radius 1 is 1.18 bits per heavy atom. The lowest BCUT2D eigenvalue weighted by Crippen LogP contribution is -2.78. The molecule has 0 aliphatic carbocycles. The van der Waals surface area contributed by atoms with Crippen molar-refractivity contribution in [3.63, 3.8) is 0 Å². The van der Waals surface area contributed by atoms with Gasteiger partial charge in [-0.15, -0.1) is 11.6 Å². The highest BCUT2D eigenvalue weighted by Crippen LogP contribution is 2.51. The fourth-order valence-electron chi connectivity index (χ4n) is 3.87. The Hall–Kier alpha value is -2.15. The number of hydrogen-bond acceptors (Lipinski definition) is 5. The zero-order chi connectivity index (χ0) is 19.6. The van der Waals surface area contributed by atoms with E-state index in [1.807, 2.05) is 55.3 Å². The highest BCUT2D eigenvalue weighted by atomic mass is 35.5. The van der Waals surface area contributed by atoms with Crippen molar-refractivity contribution in [2.45, 2.75) is 31.3 Å². The van der Waals surface area contributed by atoms with E-state index in [1.54, 1.807) is 11.0 Å². The number of carbonyl (C=O) groups is 1. The molecule has 1 aromatic heterocycles. The summed E-state index contributed by atoms with van der Waals surface area (Å²) in [6.45, 7) is 3.99. The van der Waals surface area contributed by atoms with E-state index in [0.29, 0.717) is 16.6 Å². The van der Waals surface area contributed by atoms with Gasteiger partial charge in [-0.3, -0.25) is 9.69 Å². The normalized spacial score (nSPS) is 24.2. The molecule has 0 bridgehead atoms. The molecular formula is C20H16Cl2N4OS. The number of thiazole rings is 1. The maximum absolute atomic E-state index is 12.9. The summed E-state index contributed by atoms with van der Waals surface area (Å²) in [5.74, 6) is -0.158. The first kappa shape index (κ1) is 17.9. The lowest BCUT2D eigenvalue weighted by Gasteiger charge is -2.55. The highest BCUT2D eigenvalue weighted by molar-refractivity contribution is 7.22. The summed E-state index contributed by atoms with van der Waals surface area (Å²) in [5, 5.41) is 7.15. The van der Waals surface area contributed by atoms with Crippen molar-refractivity contribution in [1.29, 1.82) is 0 Å². The molecule has 1 fully saturated rings. The molecule has 8 heteroatoms. The van der Waals surface area contributed by atoms with E-state index in [1.165, 1.54) is 11.3 Å². The fraction of sp³-hybridized carbons (Fsp3) is 0.250. The third-order valence-corrected chi connectivity index (χ3v) is 6.97. The summed E-state index contributed by atoms with van der Waals surface area (Å²) in [7, 11) is 0. The van der Waals surface area contributed by atoms with Crippen LogP contribution in [0.4, 0.5) is 10.8 Å². The van der Waals surface area contributed by atoms with E-state index < -0.39 is 11.0 Å². The van der Waals surface area contributed by atoms with Crippen LogP contribution in [0.3, 0.4) is 0 Å². The first-order valence-corrected chi connectivity index (χ1v) is 10.5. The summed E-state index contributed by atoms with van der Waals surface area (Å²) in [4.78, 5) is 19.2. The van der Waals surface area contributed by atoms with Crippen LogP contribution < -0.4 is 9.91 Å². The number of hydrazone groups is 1. The number of rotatable bonds is 2. The number of β-lactam (4-membered cyclic amide) rings is 1. The molecule has 5 nitrogen and oxygen atoms in total. The number of benzene rings is 2. The van der Waals surface area contributed by atoms with E-state index in [0.717, 1.165) is 27.2 Å². The number of aryl methyl sites for hydroxylation is 1. The maximum atomic E-state index is 12.9. The number of nitrogens with zero attached hydrogens (tertiary/aromatic N) is 4. The average molecular weight is 431 g/mol. The van der Waals surface area contributed by atoms with E-state index in [2.05, 4.69) is 4.98 Å². The van der Waals surface area contributed by atoms with Crippen LogP contribution in [-0.4, -0.2) is 27.6 Å². The van der Waals surface area contributed by atoms with Crippen LogP contribution in [0, 0.1) is 6.92 Å². The Morgan fingerprint density at radius 3 is 2.68 bits per heavy atom. The number of hydrogen-bond donors (Lipinski definition) is 0. The summed E-state index contributed by atoms with van der Waals surface area (Å²) < 4.78 is 0.931. The number of alkyl halides is 1. The number of aromatic nitrogens is 1. The topological polar surface area (TPSA) is 48.8 Å². The van der Waals surface area contributed by atoms with Gasteiger partial charge in [-0.1, -0.05) is 40.6 Å². The van der Waals surface area contributed by atoms with Gasteiger partial charge in [-0.2, -0.15) is 5.10 Å².